The minimum atomic E-state index is -0.438. The van der Waals surface area contributed by atoms with Gasteiger partial charge in [0.25, 0.3) is 0 Å². The Labute approximate surface area is 134 Å². The van der Waals surface area contributed by atoms with Crippen LogP contribution in [0.3, 0.4) is 0 Å². The van der Waals surface area contributed by atoms with Gasteiger partial charge in [0, 0.05) is 12.5 Å². The van der Waals surface area contributed by atoms with E-state index in [1.807, 2.05) is 0 Å². The van der Waals surface area contributed by atoms with Crippen molar-refractivity contribution in [1.82, 2.24) is 5.32 Å². The second-order valence-electron chi connectivity index (χ2n) is 9.12. The molecular formula is C19H31NO2. The zero-order chi connectivity index (χ0) is 15.2. The van der Waals surface area contributed by atoms with Crippen molar-refractivity contribution < 1.29 is 9.90 Å². The fourth-order valence-electron chi connectivity index (χ4n) is 6.65. The van der Waals surface area contributed by atoms with Gasteiger partial charge in [0.15, 0.2) is 0 Å². The second kappa shape index (κ2) is 5.51. The predicted octanol–water partition coefficient (Wildman–Crippen LogP) is 3.55. The minimum Gasteiger partial charge on any atom is -0.390 e. The Morgan fingerprint density at radius 3 is 2.23 bits per heavy atom. The summed E-state index contributed by atoms with van der Waals surface area (Å²) in [6.45, 7) is 0. The molecule has 0 aromatic rings. The molecule has 5 saturated carbocycles. The van der Waals surface area contributed by atoms with Gasteiger partial charge in [0.2, 0.25) is 5.91 Å². The zero-order valence-corrected chi connectivity index (χ0v) is 13.8. The van der Waals surface area contributed by atoms with E-state index in [9.17, 15) is 9.90 Å². The van der Waals surface area contributed by atoms with Gasteiger partial charge in [-0.2, -0.15) is 0 Å². The number of hydrogen-bond donors (Lipinski definition) is 2. The third-order valence-corrected chi connectivity index (χ3v) is 6.91. The first-order valence-corrected chi connectivity index (χ1v) is 9.56. The maximum Gasteiger partial charge on any atom is 0.220 e. The Morgan fingerprint density at radius 2 is 1.64 bits per heavy atom. The van der Waals surface area contributed by atoms with Crippen LogP contribution in [0, 0.1) is 17.3 Å². The van der Waals surface area contributed by atoms with Gasteiger partial charge in [0.1, 0.15) is 0 Å². The molecule has 0 radical (unpaired) electrons. The predicted molar refractivity (Wildman–Crippen MR) is 86.3 cm³/mol. The molecule has 0 saturated heterocycles. The van der Waals surface area contributed by atoms with Gasteiger partial charge in [0.05, 0.1) is 5.60 Å². The van der Waals surface area contributed by atoms with Crippen LogP contribution in [-0.4, -0.2) is 22.7 Å². The smallest absolute Gasteiger partial charge is 0.220 e. The molecule has 0 spiro atoms. The van der Waals surface area contributed by atoms with E-state index in [1.54, 1.807) is 0 Å². The fourth-order valence-corrected chi connectivity index (χ4v) is 6.65. The third-order valence-electron chi connectivity index (χ3n) is 6.91. The average molecular weight is 305 g/mol. The number of carbonyl (C=O) groups excluding carboxylic acids is 1. The highest BCUT2D eigenvalue weighted by Crippen LogP contribution is 2.62. The van der Waals surface area contributed by atoms with E-state index in [0.717, 1.165) is 32.1 Å². The lowest BCUT2D eigenvalue weighted by Crippen LogP contribution is -2.56. The molecular weight excluding hydrogens is 274 g/mol. The van der Waals surface area contributed by atoms with E-state index >= 15 is 0 Å². The molecule has 1 amide bonds. The summed E-state index contributed by atoms with van der Waals surface area (Å²) in [5.74, 6) is 1.62. The molecule has 4 bridgehead atoms. The van der Waals surface area contributed by atoms with Crippen molar-refractivity contribution in [1.29, 1.82) is 0 Å². The van der Waals surface area contributed by atoms with Crippen molar-refractivity contribution in [3.05, 3.63) is 0 Å². The van der Waals surface area contributed by atoms with Crippen LogP contribution in [0.4, 0.5) is 0 Å². The molecule has 2 N–H and O–H groups in total. The van der Waals surface area contributed by atoms with Crippen LogP contribution in [0.15, 0.2) is 0 Å². The monoisotopic (exact) mass is 305 g/mol. The topological polar surface area (TPSA) is 49.3 Å². The fraction of sp³-hybridized carbons (Fsp3) is 0.947. The highest BCUT2D eigenvalue weighted by atomic mass is 16.3. The molecule has 2 unspecified atom stereocenters. The van der Waals surface area contributed by atoms with Crippen LogP contribution in [0.2, 0.25) is 0 Å². The molecule has 5 rings (SSSR count). The quantitative estimate of drug-likeness (QED) is 0.783. The Hall–Kier alpha value is -0.570. The minimum absolute atomic E-state index is 0.119. The SMILES string of the molecule is O=C(CC12C[C@@H]3C[C@@H](CC(O)(C3)C1)C2)NC1CCCCCC1. The van der Waals surface area contributed by atoms with E-state index in [4.69, 9.17) is 0 Å². The summed E-state index contributed by atoms with van der Waals surface area (Å²) in [4.78, 5) is 12.6. The number of rotatable bonds is 3. The molecule has 0 aliphatic heterocycles. The van der Waals surface area contributed by atoms with Crippen LogP contribution in [0.1, 0.15) is 83.5 Å². The van der Waals surface area contributed by atoms with E-state index in [2.05, 4.69) is 5.32 Å². The first-order valence-electron chi connectivity index (χ1n) is 9.56. The van der Waals surface area contributed by atoms with Crippen molar-refractivity contribution in [3.63, 3.8) is 0 Å². The summed E-state index contributed by atoms with van der Waals surface area (Å²) in [6, 6.07) is 0.409. The van der Waals surface area contributed by atoms with Gasteiger partial charge < -0.3 is 10.4 Å². The van der Waals surface area contributed by atoms with Crippen molar-refractivity contribution in [2.45, 2.75) is 95.1 Å². The summed E-state index contributed by atoms with van der Waals surface area (Å²) in [6.07, 6.45) is 14.7. The lowest BCUT2D eigenvalue weighted by atomic mass is 9.47. The van der Waals surface area contributed by atoms with Gasteiger partial charge in [-0.05, 0) is 68.6 Å². The van der Waals surface area contributed by atoms with E-state index in [-0.39, 0.29) is 11.3 Å². The van der Waals surface area contributed by atoms with Gasteiger partial charge >= 0.3 is 0 Å². The van der Waals surface area contributed by atoms with E-state index in [1.165, 1.54) is 44.9 Å². The molecule has 5 fully saturated rings. The summed E-state index contributed by atoms with van der Waals surface area (Å²) in [7, 11) is 0. The average Bonchev–Trinajstić information content (AvgIpc) is 2.63. The van der Waals surface area contributed by atoms with E-state index in [0.29, 0.717) is 24.3 Å². The summed E-state index contributed by atoms with van der Waals surface area (Å²) in [5, 5.41) is 14.1. The Bertz CT molecular complexity index is 425. The molecule has 5 aliphatic carbocycles. The maximum atomic E-state index is 12.6. The third kappa shape index (κ3) is 2.93. The molecule has 5 aliphatic rings. The molecule has 0 heterocycles. The first-order chi connectivity index (χ1) is 10.5. The summed E-state index contributed by atoms with van der Waals surface area (Å²) < 4.78 is 0. The number of hydrogen-bond acceptors (Lipinski definition) is 2. The molecule has 3 heteroatoms. The van der Waals surface area contributed by atoms with Crippen molar-refractivity contribution in [2.24, 2.45) is 17.3 Å². The van der Waals surface area contributed by atoms with Gasteiger partial charge in [-0.3, -0.25) is 4.79 Å². The van der Waals surface area contributed by atoms with Crippen LogP contribution < -0.4 is 5.32 Å². The normalized spacial score (nSPS) is 44.8. The highest BCUT2D eigenvalue weighted by molar-refractivity contribution is 5.77. The number of nitrogens with one attached hydrogen (secondary N) is 1. The molecule has 22 heavy (non-hydrogen) atoms. The largest absolute Gasteiger partial charge is 0.390 e. The molecule has 0 aromatic heterocycles. The summed E-state index contributed by atoms with van der Waals surface area (Å²) >= 11 is 0. The second-order valence-corrected chi connectivity index (χ2v) is 9.12. The van der Waals surface area contributed by atoms with Crippen LogP contribution in [-0.2, 0) is 4.79 Å². The van der Waals surface area contributed by atoms with Gasteiger partial charge in [-0.15, -0.1) is 0 Å². The molecule has 4 atom stereocenters. The first kappa shape index (κ1) is 15.0. The Kier molecular flexibility index (Phi) is 3.75. The molecule has 3 nitrogen and oxygen atoms in total. The molecule has 0 aromatic carbocycles. The van der Waals surface area contributed by atoms with E-state index < -0.39 is 5.60 Å². The number of carbonyl (C=O) groups is 1. The van der Waals surface area contributed by atoms with Gasteiger partial charge in [-0.1, -0.05) is 25.7 Å². The van der Waals surface area contributed by atoms with Crippen LogP contribution in [0.25, 0.3) is 0 Å². The Morgan fingerprint density at radius 1 is 1.00 bits per heavy atom. The number of amides is 1. The van der Waals surface area contributed by atoms with Gasteiger partial charge in [-0.25, -0.2) is 0 Å². The standard InChI is InChI=1S/C19H31NO2/c21-17(20-16-5-3-1-2-4-6-16)12-18-8-14-7-15(9-18)11-19(22,10-14)13-18/h14-16,22H,1-13H2,(H,20,21)/t14-,15+,18?,19?. The zero-order valence-electron chi connectivity index (χ0n) is 13.8. The van der Waals surface area contributed by atoms with Crippen LogP contribution in [0.5, 0.6) is 0 Å². The highest BCUT2D eigenvalue weighted by Gasteiger charge is 2.57. The van der Waals surface area contributed by atoms with Crippen molar-refractivity contribution >= 4 is 5.91 Å². The lowest BCUT2D eigenvalue weighted by molar-refractivity contribution is -0.169. The summed E-state index contributed by atoms with van der Waals surface area (Å²) in [5.41, 5.74) is -0.319. The Balaban J connectivity index is 1.39. The lowest BCUT2D eigenvalue weighted by Gasteiger charge is -2.60. The van der Waals surface area contributed by atoms with Crippen LogP contribution >= 0.6 is 0 Å². The number of aliphatic hydroxyl groups is 1. The molecule has 124 valence electrons. The van der Waals surface area contributed by atoms with Crippen molar-refractivity contribution in [2.75, 3.05) is 0 Å². The van der Waals surface area contributed by atoms with Crippen molar-refractivity contribution in [3.8, 4) is 0 Å². The maximum absolute atomic E-state index is 12.6.